The lowest BCUT2D eigenvalue weighted by molar-refractivity contribution is -0.151. The van der Waals surface area contributed by atoms with E-state index < -0.39 is 0 Å². The van der Waals surface area contributed by atoms with Gasteiger partial charge in [-0.3, -0.25) is 9.59 Å². The Hall–Kier alpha value is -1.10. The molecule has 0 bridgehead atoms. The van der Waals surface area contributed by atoms with Crippen molar-refractivity contribution >= 4 is 11.9 Å². The van der Waals surface area contributed by atoms with Gasteiger partial charge in [-0.2, -0.15) is 0 Å². The van der Waals surface area contributed by atoms with Gasteiger partial charge < -0.3 is 15.4 Å². The molecule has 1 saturated carbocycles. The van der Waals surface area contributed by atoms with Crippen LogP contribution >= 0.6 is 0 Å². The molecular weight excluding hydrogens is 232 g/mol. The summed E-state index contributed by atoms with van der Waals surface area (Å²) in [6.07, 6.45) is 2.71. The number of esters is 1. The molecule has 2 unspecified atom stereocenters. The lowest BCUT2D eigenvalue weighted by Crippen LogP contribution is -2.47. The lowest BCUT2D eigenvalue weighted by atomic mass is 10.0. The second kappa shape index (κ2) is 6.73. The number of ether oxygens (including phenoxy) is 1. The summed E-state index contributed by atoms with van der Waals surface area (Å²) in [5, 5.41) is 0. The molecule has 0 radical (unpaired) electrons. The average Bonchev–Trinajstić information content (AvgIpc) is 2.71. The van der Waals surface area contributed by atoms with Crippen LogP contribution in [-0.2, 0) is 14.3 Å². The minimum absolute atomic E-state index is 0.0111. The van der Waals surface area contributed by atoms with Crippen LogP contribution in [0.3, 0.4) is 0 Å². The van der Waals surface area contributed by atoms with Crippen LogP contribution in [0, 0.1) is 5.92 Å². The van der Waals surface area contributed by atoms with Gasteiger partial charge in [0.15, 0.2) is 0 Å². The number of carbonyl (C=O) groups is 2. The van der Waals surface area contributed by atoms with Gasteiger partial charge in [0.2, 0.25) is 5.91 Å². The number of hydrogen-bond acceptors (Lipinski definition) is 4. The van der Waals surface area contributed by atoms with Gasteiger partial charge in [0.25, 0.3) is 0 Å². The predicted molar refractivity (Wildman–Crippen MR) is 68.8 cm³/mol. The van der Waals surface area contributed by atoms with E-state index in [1.54, 1.807) is 11.8 Å². The van der Waals surface area contributed by atoms with Crippen LogP contribution in [0.15, 0.2) is 0 Å². The molecule has 104 valence electrons. The van der Waals surface area contributed by atoms with E-state index >= 15 is 0 Å². The van der Waals surface area contributed by atoms with Crippen molar-refractivity contribution in [3.05, 3.63) is 0 Å². The zero-order chi connectivity index (χ0) is 13.7. The first-order chi connectivity index (χ1) is 8.47. The Bertz CT molecular complexity index is 305. The van der Waals surface area contributed by atoms with Crippen molar-refractivity contribution < 1.29 is 14.3 Å². The molecule has 1 fully saturated rings. The Balaban J connectivity index is 2.66. The standard InChI is InChI=1S/C13H24N2O3/c1-4-18-12(16)8-15(9(2)3)13(17)10-6-5-7-11(10)14/h9-11H,4-8,14H2,1-3H3. The molecular formula is C13H24N2O3. The highest BCUT2D eigenvalue weighted by atomic mass is 16.5. The number of nitrogens with two attached hydrogens (primary N) is 1. The van der Waals surface area contributed by atoms with Crippen LogP contribution in [0.5, 0.6) is 0 Å². The van der Waals surface area contributed by atoms with E-state index in [0.717, 1.165) is 19.3 Å². The first-order valence-corrected chi connectivity index (χ1v) is 6.69. The molecule has 0 aromatic heterocycles. The van der Waals surface area contributed by atoms with Gasteiger partial charge in [-0.15, -0.1) is 0 Å². The zero-order valence-electron chi connectivity index (χ0n) is 11.5. The summed E-state index contributed by atoms with van der Waals surface area (Å²) in [7, 11) is 0. The van der Waals surface area contributed by atoms with Crippen LogP contribution in [0.1, 0.15) is 40.0 Å². The second-order valence-electron chi connectivity index (χ2n) is 5.07. The summed E-state index contributed by atoms with van der Waals surface area (Å²) in [6, 6.07) is -0.0874. The molecule has 0 aromatic carbocycles. The highest BCUT2D eigenvalue weighted by molar-refractivity contribution is 5.84. The lowest BCUT2D eigenvalue weighted by Gasteiger charge is -2.29. The average molecular weight is 256 g/mol. The van der Waals surface area contributed by atoms with Crippen molar-refractivity contribution in [3.8, 4) is 0 Å². The Labute approximate surface area is 109 Å². The minimum atomic E-state index is -0.355. The van der Waals surface area contributed by atoms with Crippen LogP contribution in [0.4, 0.5) is 0 Å². The van der Waals surface area contributed by atoms with E-state index in [4.69, 9.17) is 10.5 Å². The van der Waals surface area contributed by atoms with Gasteiger partial charge in [-0.05, 0) is 33.6 Å². The van der Waals surface area contributed by atoms with E-state index in [0.29, 0.717) is 6.61 Å². The van der Waals surface area contributed by atoms with Crippen molar-refractivity contribution in [2.75, 3.05) is 13.2 Å². The second-order valence-corrected chi connectivity index (χ2v) is 5.07. The number of hydrogen-bond donors (Lipinski definition) is 1. The molecule has 0 aliphatic heterocycles. The van der Waals surface area contributed by atoms with Gasteiger partial charge in [0.05, 0.1) is 12.5 Å². The fourth-order valence-corrected chi connectivity index (χ4v) is 2.37. The fourth-order valence-electron chi connectivity index (χ4n) is 2.37. The summed E-state index contributed by atoms with van der Waals surface area (Å²) in [5.74, 6) is -0.504. The molecule has 1 amide bonds. The SMILES string of the molecule is CCOC(=O)CN(C(=O)C1CCCC1N)C(C)C. The summed E-state index contributed by atoms with van der Waals surface area (Å²) in [5.41, 5.74) is 5.94. The molecule has 5 heteroatoms. The Morgan fingerprint density at radius 1 is 1.39 bits per heavy atom. The minimum Gasteiger partial charge on any atom is -0.465 e. The van der Waals surface area contributed by atoms with Crippen LogP contribution < -0.4 is 5.73 Å². The normalized spacial score (nSPS) is 23.2. The molecule has 0 aromatic rings. The summed E-state index contributed by atoms with van der Waals surface area (Å²) in [6.45, 7) is 5.91. The maximum absolute atomic E-state index is 12.4. The number of carbonyl (C=O) groups excluding carboxylic acids is 2. The zero-order valence-corrected chi connectivity index (χ0v) is 11.5. The van der Waals surface area contributed by atoms with Crippen molar-refractivity contribution in [1.82, 2.24) is 4.90 Å². The Morgan fingerprint density at radius 3 is 2.50 bits per heavy atom. The Morgan fingerprint density at radius 2 is 2.06 bits per heavy atom. The Kier molecular flexibility index (Phi) is 5.59. The van der Waals surface area contributed by atoms with Gasteiger partial charge in [-0.1, -0.05) is 6.42 Å². The van der Waals surface area contributed by atoms with E-state index in [9.17, 15) is 9.59 Å². The van der Waals surface area contributed by atoms with Crippen molar-refractivity contribution in [3.63, 3.8) is 0 Å². The monoisotopic (exact) mass is 256 g/mol. The molecule has 0 heterocycles. The predicted octanol–water partition coefficient (Wildman–Crippen LogP) is 0.914. The first kappa shape index (κ1) is 15.0. The van der Waals surface area contributed by atoms with Gasteiger partial charge >= 0.3 is 5.97 Å². The van der Waals surface area contributed by atoms with E-state index in [2.05, 4.69) is 0 Å². The highest BCUT2D eigenvalue weighted by Crippen LogP contribution is 2.26. The largest absolute Gasteiger partial charge is 0.465 e. The van der Waals surface area contributed by atoms with E-state index in [1.165, 1.54) is 0 Å². The summed E-state index contributed by atoms with van der Waals surface area (Å²) < 4.78 is 4.90. The van der Waals surface area contributed by atoms with Crippen molar-refractivity contribution in [2.24, 2.45) is 11.7 Å². The summed E-state index contributed by atoms with van der Waals surface area (Å²) in [4.78, 5) is 25.5. The molecule has 1 rings (SSSR count). The van der Waals surface area contributed by atoms with Gasteiger partial charge in [0, 0.05) is 12.1 Å². The molecule has 0 spiro atoms. The number of amides is 1. The smallest absolute Gasteiger partial charge is 0.325 e. The molecule has 1 aliphatic carbocycles. The van der Waals surface area contributed by atoms with E-state index in [-0.39, 0.29) is 36.4 Å². The topological polar surface area (TPSA) is 72.6 Å². The maximum atomic E-state index is 12.4. The number of rotatable bonds is 5. The van der Waals surface area contributed by atoms with Crippen LogP contribution in [-0.4, -0.2) is 42.0 Å². The van der Waals surface area contributed by atoms with Crippen LogP contribution in [0.25, 0.3) is 0 Å². The molecule has 2 N–H and O–H groups in total. The molecule has 1 aliphatic rings. The van der Waals surface area contributed by atoms with Gasteiger partial charge in [-0.25, -0.2) is 0 Å². The fraction of sp³-hybridized carbons (Fsp3) is 0.846. The first-order valence-electron chi connectivity index (χ1n) is 6.69. The third-order valence-electron chi connectivity index (χ3n) is 3.40. The summed E-state index contributed by atoms with van der Waals surface area (Å²) >= 11 is 0. The highest BCUT2D eigenvalue weighted by Gasteiger charge is 2.35. The van der Waals surface area contributed by atoms with Crippen molar-refractivity contribution in [2.45, 2.75) is 52.1 Å². The molecule has 5 nitrogen and oxygen atoms in total. The van der Waals surface area contributed by atoms with E-state index in [1.807, 2.05) is 13.8 Å². The molecule has 18 heavy (non-hydrogen) atoms. The maximum Gasteiger partial charge on any atom is 0.325 e. The number of nitrogens with zero attached hydrogens (tertiary/aromatic N) is 1. The third kappa shape index (κ3) is 3.70. The molecule has 2 atom stereocenters. The quantitative estimate of drug-likeness (QED) is 0.742. The van der Waals surface area contributed by atoms with Crippen LogP contribution in [0.2, 0.25) is 0 Å². The molecule has 0 saturated heterocycles. The third-order valence-corrected chi connectivity index (χ3v) is 3.40. The van der Waals surface area contributed by atoms with Crippen molar-refractivity contribution in [1.29, 1.82) is 0 Å². The van der Waals surface area contributed by atoms with Gasteiger partial charge in [0.1, 0.15) is 6.54 Å².